The minimum Gasteiger partial charge on any atom is -0.378 e. The van der Waals surface area contributed by atoms with Crippen LogP contribution in [0.3, 0.4) is 0 Å². The maximum atomic E-state index is 12.5. The lowest BCUT2D eigenvalue weighted by atomic mass is 10.1. The van der Waals surface area contributed by atoms with E-state index in [2.05, 4.69) is 10.7 Å². The maximum absolute atomic E-state index is 12.5. The van der Waals surface area contributed by atoms with E-state index in [1.807, 2.05) is 4.90 Å². The van der Waals surface area contributed by atoms with Gasteiger partial charge in [0.05, 0.1) is 31.4 Å². The summed E-state index contributed by atoms with van der Waals surface area (Å²) in [6.45, 7) is 3.25. The van der Waals surface area contributed by atoms with Crippen LogP contribution in [0.25, 0.3) is 0 Å². The zero-order chi connectivity index (χ0) is 17.2. The number of carbonyl (C=O) groups is 1. The van der Waals surface area contributed by atoms with Gasteiger partial charge in [0.15, 0.2) is 0 Å². The van der Waals surface area contributed by atoms with Gasteiger partial charge in [0.2, 0.25) is 0 Å². The molecule has 0 unspecified atom stereocenters. The minimum absolute atomic E-state index is 0.0224. The summed E-state index contributed by atoms with van der Waals surface area (Å²) in [6, 6.07) is 4.82. The van der Waals surface area contributed by atoms with Crippen LogP contribution in [0.1, 0.15) is 5.56 Å². The molecule has 132 valence electrons. The van der Waals surface area contributed by atoms with Crippen molar-refractivity contribution in [1.82, 2.24) is 15.8 Å². The fraction of sp³-hybridized carbons (Fsp3) is 0.533. The highest BCUT2D eigenvalue weighted by molar-refractivity contribution is 5.74. The van der Waals surface area contributed by atoms with Gasteiger partial charge < -0.3 is 15.0 Å². The Balaban J connectivity index is 1.47. The van der Waals surface area contributed by atoms with Gasteiger partial charge >= 0.3 is 12.2 Å². The Morgan fingerprint density at radius 1 is 1.21 bits per heavy atom. The number of amides is 2. The van der Waals surface area contributed by atoms with Gasteiger partial charge in [-0.1, -0.05) is 0 Å². The number of carbonyl (C=O) groups excluding carboxylic acids is 1. The first-order valence-corrected chi connectivity index (χ1v) is 7.75. The third-order valence-electron chi connectivity index (χ3n) is 4.02. The molecule has 0 radical (unpaired) electrons. The summed E-state index contributed by atoms with van der Waals surface area (Å²) in [5.74, 6) is 0. The molecule has 0 atom stereocenters. The van der Waals surface area contributed by atoms with E-state index >= 15 is 0 Å². The van der Waals surface area contributed by atoms with Gasteiger partial charge in [0, 0.05) is 25.3 Å². The molecule has 0 saturated carbocycles. The van der Waals surface area contributed by atoms with Crippen molar-refractivity contribution in [1.29, 1.82) is 0 Å². The van der Waals surface area contributed by atoms with Crippen molar-refractivity contribution in [3.05, 3.63) is 29.8 Å². The van der Waals surface area contributed by atoms with Crippen LogP contribution in [0.2, 0.25) is 0 Å². The van der Waals surface area contributed by atoms with Crippen molar-refractivity contribution in [3.63, 3.8) is 0 Å². The maximum Gasteiger partial charge on any atom is 0.416 e. The van der Waals surface area contributed by atoms with E-state index in [4.69, 9.17) is 4.74 Å². The summed E-state index contributed by atoms with van der Waals surface area (Å²) in [5, 5.41) is 4.39. The quantitative estimate of drug-likeness (QED) is 0.853. The SMILES string of the molecule is O=C(NC1CN(c2ccc(C(F)(F)F)cc2)C1)N1CCOCCN1. The Labute approximate surface area is 137 Å². The smallest absolute Gasteiger partial charge is 0.378 e. The molecule has 2 heterocycles. The fourth-order valence-electron chi connectivity index (χ4n) is 2.66. The van der Waals surface area contributed by atoms with Crippen LogP contribution >= 0.6 is 0 Å². The normalized spacial score (nSPS) is 19.6. The summed E-state index contributed by atoms with van der Waals surface area (Å²) in [7, 11) is 0. The number of nitrogens with zero attached hydrogens (tertiary/aromatic N) is 2. The van der Waals surface area contributed by atoms with Crippen molar-refractivity contribution >= 4 is 11.7 Å². The van der Waals surface area contributed by atoms with E-state index in [0.29, 0.717) is 39.4 Å². The molecule has 3 rings (SSSR count). The summed E-state index contributed by atoms with van der Waals surface area (Å²) >= 11 is 0. The second-order valence-corrected chi connectivity index (χ2v) is 5.77. The molecule has 24 heavy (non-hydrogen) atoms. The Morgan fingerprint density at radius 2 is 1.92 bits per heavy atom. The van der Waals surface area contributed by atoms with Crippen LogP contribution in [-0.4, -0.2) is 56.5 Å². The van der Waals surface area contributed by atoms with Crippen molar-refractivity contribution in [3.8, 4) is 0 Å². The van der Waals surface area contributed by atoms with Gasteiger partial charge in [-0.15, -0.1) is 0 Å². The molecule has 2 N–H and O–H groups in total. The third kappa shape index (κ3) is 3.90. The number of alkyl halides is 3. The van der Waals surface area contributed by atoms with E-state index in [1.165, 1.54) is 17.1 Å². The number of anilines is 1. The van der Waals surface area contributed by atoms with E-state index in [1.54, 1.807) is 0 Å². The third-order valence-corrected chi connectivity index (χ3v) is 4.02. The van der Waals surface area contributed by atoms with Gasteiger partial charge in [-0.25, -0.2) is 10.2 Å². The summed E-state index contributed by atoms with van der Waals surface area (Å²) in [4.78, 5) is 14.0. The molecule has 9 heteroatoms. The molecule has 6 nitrogen and oxygen atoms in total. The number of urea groups is 1. The fourth-order valence-corrected chi connectivity index (χ4v) is 2.66. The van der Waals surface area contributed by atoms with Gasteiger partial charge in [0.1, 0.15) is 0 Å². The monoisotopic (exact) mass is 344 g/mol. The molecule has 0 bridgehead atoms. The number of hydrogen-bond donors (Lipinski definition) is 2. The predicted octanol–water partition coefficient (Wildman–Crippen LogP) is 1.44. The first-order valence-electron chi connectivity index (χ1n) is 7.75. The highest BCUT2D eigenvalue weighted by Crippen LogP contribution is 2.31. The molecule has 2 amide bonds. The molecule has 2 saturated heterocycles. The van der Waals surface area contributed by atoms with Crippen molar-refractivity contribution in [2.45, 2.75) is 12.2 Å². The van der Waals surface area contributed by atoms with Crippen molar-refractivity contribution in [2.24, 2.45) is 0 Å². The zero-order valence-electron chi connectivity index (χ0n) is 13.0. The molecule has 2 aliphatic rings. The van der Waals surface area contributed by atoms with E-state index < -0.39 is 11.7 Å². The second kappa shape index (κ2) is 6.86. The number of ether oxygens (including phenoxy) is 1. The lowest BCUT2D eigenvalue weighted by molar-refractivity contribution is -0.137. The number of nitrogens with one attached hydrogen (secondary N) is 2. The highest BCUT2D eigenvalue weighted by Gasteiger charge is 2.32. The first-order chi connectivity index (χ1) is 11.4. The predicted molar refractivity (Wildman–Crippen MR) is 81.5 cm³/mol. The average Bonchev–Trinajstić information content (AvgIpc) is 2.79. The second-order valence-electron chi connectivity index (χ2n) is 5.77. The number of hydrazine groups is 1. The highest BCUT2D eigenvalue weighted by atomic mass is 19.4. The van der Waals surface area contributed by atoms with Gasteiger partial charge in [0.25, 0.3) is 0 Å². The summed E-state index contributed by atoms with van der Waals surface area (Å²) in [5.41, 5.74) is 3.03. The molecule has 0 spiro atoms. The molecular formula is C15H19F3N4O2. The van der Waals surface area contributed by atoms with Crippen LogP contribution in [0.15, 0.2) is 24.3 Å². The Kier molecular flexibility index (Phi) is 4.81. The summed E-state index contributed by atoms with van der Waals surface area (Å²) in [6.07, 6.45) is -4.33. The number of rotatable bonds is 2. The molecule has 0 aromatic heterocycles. The Bertz CT molecular complexity index is 565. The molecule has 2 fully saturated rings. The lowest BCUT2D eigenvalue weighted by Gasteiger charge is -2.42. The van der Waals surface area contributed by atoms with E-state index in [0.717, 1.165) is 17.8 Å². The van der Waals surface area contributed by atoms with Crippen molar-refractivity contribution in [2.75, 3.05) is 44.3 Å². The lowest BCUT2D eigenvalue weighted by Crippen LogP contribution is -2.62. The number of hydrogen-bond acceptors (Lipinski definition) is 4. The minimum atomic E-state index is -4.33. The molecular weight excluding hydrogens is 325 g/mol. The molecule has 2 aliphatic heterocycles. The van der Waals surface area contributed by atoms with Crippen LogP contribution in [0.5, 0.6) is 0 Å². The Hall–Kier alpha value is -2.00. The topological polar surface area (TPSA) is 56.8 Å². The zero-order valence-corrected chi connectivity index (χ0v) is 13.0. The first kappa shape index (κ1) is 16.8. The van der Waals surface area contributed by atoms with Crippen LogP contribution in [0, 0.1) is 0 Å². The number of halogens is 3. The van der Waals surface area contributed by atoms with Crippen LogP contribution in [0.4, 0.5) is 23.7 Å². The largest absolute Gasteiger partial charge is 0.416 e. The number of benzene rings is 1. The van der Waals surface area contributed by atoms with E-state index in [9.17, 15) is 18.0 Å². The molecule has 1 aromatic rings. The van der Waals surface area contributed by atoms with Crippen LogP contribution < -0.4 is 15.6 Å². The van der Waals surface area contributed by atoms with Gasteiger partial charge in [-0.05, 0) is 24.3 Å². The van der Waals surface area contributed by atoms with Gasteiger partial charge in [-0.2, -0.15) is 13.2 Å². The molecule has 0 aliphatic carbocycles. The van der Waals surface area contributed by atoms with Gasteiger partial charge in [-0.3, -0.25) is 5.01 Å². The average molecular weight is 344 g/mol. The van der Waals surface area contributed by atoms with Crippen LogP contribution in [-0.2, 0) is 10.9 Å². The Morgan fingerprint density at radius 3 is 2.58 bits per heavy atom. The summed E-state index contributed by atoms with van der Waals surface area (Å²) < 4.78 is 42.9. The standard InChI is InChI=1S/C15H19F3N4O2/c16-15(17,18)11-1-3-13(4-2-11)21-9-12(10-21)20-14(23)22-6-8-24-7-5-19-22/h1-4,12,19H,5-10H2,(H,20,23). The molecule has 1 aromatic carbocycles. The van der Waals surface area contributed by atoms with Crippen molar-refractivity contribution < 1.29 is 22.7 Å². The van der Waals surface area contributed by atoms with E-state index in [-0.39, 0.29) is 12.1 Å².